The average molecular weight is 378 g/mol. The molecule has 0 radical (unpaired) electrons. The lowest BCUT2D eigenvalue weighted by Gasteiger charge is -2.19. The first-order valence-electron chi connectivity index (χ1n) is 6.76. The van der Waals surface area contributed by atoms with Gasteiger partial charge in [-0.1, -0.05) is 4.89 Å². The van der Waals surface area contributed by atoms with Crippen LogP contribution in [0.4, 0.5) is 5.69 Å². The minimum absolute atomic E-state index is 0.0217. The van der Waals surface area contributed by atoms with E-state index in [0.717, 1.165) is 13.2 Å². The SMILES string of the molecule is CONS(=O)(=O)c1cc(N2C(=O)C(C)(C)CS2(=O)=O)ccc1OC. The Balaban J connectivity index is 2.64. The number of methoxy groups -OCH3 is 1. The van der Waals surface area contributed by atoms with Gasteiger partial charge in [0, 0.05) is 0 Å². The molecular formula is C13H18N2O7S2. The Bertz CT molecular complexity index is 876. The van der Waals surface area contributed by atoms with Gasteiger partial charge in [0.2, 0.25) is 15.9 Å². The molecule has 0 aromatic heterocycles. The Labute approximate surface area is 140 Å². The molecule has 0 unspecified atom stereocenters. The topological polar surface area (TPSA) is 119 Å². The van der Waals surface area contributed by atoms with Crippen molar-refractivity contribution in [3.8, 4) is 5.75 Å². The number of carbonyl (C=O) groups excluding carboxylic acids is 1. The molecule has 1 saturated heterocycles. The van der Waals surface area contributed by atoms with E-state index in [1.165, 1.54) is 33.1 Å². The zero-order valence-electron chi connectivity index (χ0n) is 13.6. The Morgan fingerprint density at radius 2 is 1.88 bits per heavy atom. The van der Waals surface area contributed by atoms with Gasteiger partial charge >= 0.3 is 0 Å². The zero-order chi connectivity index (χ0) is 18.3. The lowest BCUT2D eigenvalue weighted by Crippen LogP contribution is -2.33. The molecule has 1 aliphatic heterocycles. The molecular weight excluding hydrogens is 360 g/mol. The molecule has 0 saturated carbocycles. The van der Waals surface area contributed by atoms with Crippen LogP contribution in [-0.4, -0.2) is 42.7 Å². The summed E-state index contributed by atoms with van der Waals surface area (Å²) in [6, 6.07) is 3.63. The summed E-state index contributed by atoms with van der Waals surface area (Å²) in [4.78, 5) is 18.3. The fourth-order valence-electron chi connectivity index (χ4n) is 2.42. The smallest absolute Gasteiger partial charge is 0.266 e. The van der Waals surface area contributed by atoms with Crippen LogP contribution in [0.1, 0.15) is 13.8 Å². The number of nitrogens with one attached hydrogen (secondary N) is 1. The normalized spacial score (nSPS) is 19.5. The number of hydrogen-bond donors (Lipinski definition) is 1. The number of hydrogen-bond acceptors (Lipinski definition) is 7. The van der Waals surface area contributed by atoms with E-state index in [9.17, 15) is 21.6 Å². The number of nitrogens with zero attached hydrogens (tertiary/aromatic N) is 1. The molecule has 11 heteroatoms. The minimum Gasteiger partial charge on any atom is -0.495 e. The van der Waals surface area contributed by atoms with Crippen LogP contribution in [0.5, 0.6) is 5.75 Å². The van der Waals surface area contributed by atoms with E-state index in [0.29, 0.717) is 4.31 Å². The van der Waals surface area contributed by atoms with Gasteiger partial charge in [0.05, 0.1) is 31.1 Å². The molecule has 1 aromatic rings. The third-order valence-electron chi connectivity index (χ3n) is 3.45. The summed E-state index contributed by atoms with van der Waals surface area (Å²) < 4.78 is 54.6. The fourth-order valence-corrected chi connectivity index (χ4v) is 5.52. The van der Waals surface area contributed by atoms with Gasteiger partial charge in [0.25, 0.3) is 10.0 Å². The number of ether oxygens (including phenoxy) is 1. The Morgan fingerprint density at radius 3 is 2.33 bits per heavy atom. The standard InChI is InChI=1S/C13H18N2O7S2/c1-13(2)8-23(17,18)15(12(13)16)9-5-6-10(21-3)11(7-9)24(19,20)14-22-4/h5-7,14H,8H2,1-4H3. The fraction of sp³-hybridized carbons (Fsp3) is 0.462. The third-order valence-corrected chi connectivity index (χ3v) is 6.75. The summed E-state index contributed by atoms with van der Waals surface area (Å²) in [5, 5.41) is 0. The first-order chi connectivity index (χ1) is 11.0. The first kappa shape index (κ1) is 18.6. The highest BCUT2D eigenvalue weighted by molar-refractivity contribution is 7.94. The number of rotatable bonds is 5. The Kier molecular flexibility index (Phi) is 4.65. The predicted molar refractivity (Wildman–Crippen MR) is 85.4 cm³/mol. The maximum atomic E-state index is 12.4. The monoisotopic (exact) mass is 378 g/mol. The molecule has 1 amide bonds. The first-order valence-corrected chi connectivity index (χ1v) is 9.86. The van der Waals surface area contributed by atoms with E-state index >= 15 is 0 Å². The Hall–Kier alpha value is -1.69. The van der Waals surface area contributed by atoms with E-state index in [4.69, 9.17) is 4.74 Å². The number of amides is 1. The molecule has 134 valence electrons. The summed E-state index contributed by atoms with van der Waals surface area (Å²) in [6.07, 6.45) is 0. The van der Waals surface area contributed by atoms with Crippen molar-refractivity contribution >= 4 is 31.6 Å². The van der Waals surface area contributed by atoms with Gasteiger partial charge in [-0.3, -0.25) is 9.63 Å². The summed E-state index contributed by atoms with van der Waals surface area (Å²) in [5.41, 5.74) is -1.18. The Morgan fingerprint density at radius 1 is 1.25 bits per heavy atom. The highest BCUT2D eigenvalue weighted by atomic mass is 32.2. The second-order valence-electron chi connectivity index (χ2n) is 5.84. The molecule has 2 rings (SSSR count). The number of anilines is 1. The second kappa shape index (κ2) is 5.99. The second-order valence-corrected chi connectivity index (χ2v) is 9.27. The lowest BCUT2D eigenvalue weighted by molar-refractivity contribution is -0.123. The maximum Gasteiger partial charge on any atom is 0.266 e. The van der Waals surface area contributed by atoms with Crippen molar-refractivity contribution in [3.63, 3.8) is 0 Å². The van der Waals surface area contributed by atoms with E-state index in [2.05, 4.69) is 4.84 Å². The van der Waals surface area contributed by atoms with E-state index < -0.39 is 31.4 Å². The van der Waals surface area contributed by atoms with Gasteiger partial charge in [-0.15, -0.1) is 0 Å². The summed E-state index contributed by atoms with van der Waals surface area (Å²) in [5.74, 6) is -1.01. The van der Waals surface area contributed by atoms with Gasteiger partial charge in [-0.05, 0) is 32.0 Å². The van der Waals surface area contributed by atoms with Gasteiger partial charge in [0.1, 0.15) is 10.6 Å². The van der Waals surface area contributed by atoms with Crippen LogP contribution in [0, 0.1) is 5.41 Å². The molecule has 24 heavy (non-hydrogen) atoms. The quantitative estimate of drug-likeness (QED) is 0.729. The van der Waals surface area contributed by atoms with Crippen molar-refractivity contribution in [2.24, 2.45) is 5.41 Å². The van der Waals surface area contributed by atoms with Crippen molar-refractivity contribution in [1.29, 1.82) is 0 Å². The van der Waals surface area contributed by atoms with Gasteiger partial charge in [-0.2, -0.15) is 0 Å². The molecule has 0 aliphatic carbocycles. The summed E-state index contributed by atoms with van der Waals surface area (Å²) in [7, 11) is -5.63. The van der Waals surface area contributed by atoms with Gasteiger partial charge in [-0.25, -0.2) is 21.1 Å². The molecule has 0 spiro atoms. The third kappa shape index (κ3) is 3.11. The van der Waals surface area contributed by atoms with Crippen molar-refractivity contribution in [2.75, 3.05) is 24.3 Å². The molecule has 1 heterocycles. The van der Waals surface area contributed by atoms with Gasteiger partial charge < -0.3 is 4.74 Å². The van der Waals surface area contributed by atoms with Crippen LogP contribution < -0.4 is 13.9 Å². The summed E-state index contributed by atoms with van der Waals surface area (Å²) in [6.45, 7) is 3.03. The molecule has 0 bridgehead atoms. The van der Waals surface area contributed by atoms with Crippen LogP contribution >= 0.6 is 0 Å². The van der Waals surface area contributed by atoms with Crippen LogP contribution in [0.2, 0.25) is 0 Å². The maximum absolute atomic E-state index is 12.4. The average Bonchev–Trinajstić information content (AvgIpc) is 2.62. The van der Waals surface area contributed by atoms with Gasteiger partial charge in [0.15, 0.2) is 0 Å². The largest absolute Gasteiger partial charge is 0.495 e. The van der Waals surface area contributed by atoms with Crippen LogP contribution in [-0.2, 0) is 29.7 Å². The van der Waals surface area contributed by atoms with Crippen molar-refractivity contribution in [2.45, 2.75) is 18.7 Å². The van der Waals surface area contributed by atoms with E-state index in [1.807, 2.05) is 4.89 Å². The number of carbonyl (C=O) groups is 1. The highest BCUT2D eigenvalue weighted by Crippen LogP contribution is 2.38. The van der Waals surface area contributed by atoms with Crippen molar-refractivity contribution in [1.82, 2.24) is 4.89 Å². The van der Waals surface area contributed by atoms with Crippen molar-refractivity contribution < 1.29 is 31.2 Å². The molecule has 1 fully saturated rings. The molecule has 0 atom stereocenters. The van der Waals surface area contributed by atoms with Crippen LogP contribution in [0.3, 0.4) is 0 Å². The van der Waals surface area contributed by atoms with Crippen LogP contribution in [0.15, 0.2) is 23.1 Å². The van der Waals surface area contributed by atoms with E-state index in [1.54, 1.807) is 0 Å². The summed E-state index contributed by atoms with van der Waals surface area (Å²) >= 11 is 0. The minimum atomic E-state index is -4.12. The zero-order valence-corrected chi connectivity index (χ0v) is 15.2. The van der Waals surface area contributed by atoms with Crippen molar-refractivity contribution in [3.05, 3.63) is 18.2 Å². The molecule has 1 aliphatic rings. The molecule has 1 aromatic carbocycles. The number of benzene rings is 1. The lowest BCUT2D eigenvalue weighted by atomic mass is 9.95. The predicted octanol–water partition coefficient (Wildman–Crippen LogP) is 0.238. The highest BCUT2D eigenvalue weighted by Gasteiger charge is 2.50. The molecule has 1 N–H and O–H groups in total. The molecule has 9 nitrogen and oxygen atoms in total. The van der Waals surface area contributed by atoms with Crippen LogP contribution in [0.25, 0.3) is 0 Å². The van der Waals surface area contributed by atoms with E-state index in [-0.39, 0.29) is 22.1 Å². The number of sulfonamides is 2.